The quantitative estimate of drug-likeness (QED) is 0.724. The van der Waals surface area contributed by atoms with E-state index in [0.29, 0.717) is 17.8 Å². The van der Waals surface area contributed by atoms with Crippen molar-refractivity contribution >= 4 is 11.6 Å². The highest BCUT2D eigenvalue weighted by molar-refractivity contribution is 5.99. The Hall–Kier alpha value is -2.76. The molecule has 0 aliphatic rings. The van der Waals surface area contributed by atoms with E-state index in [9.17, 15) is 4.79 Å². The molecular weight excluding hydrogens is 302 g/mol. The summed E-state index contributed by atoms with van der Waals surface area (Å²) < 4.78 is 1.65. The number of hydrogen-bond acceptors (Lipinski definition) is 4. The monoisotopic (exact) mass is 323 g/mol. The maximum atomic E-state index is 13.1. The van der Waals surface area contributed by atoms with Gasteiger partial charge in [0.1, 0.15) is 5.56 Å². The zero-order valence-electron chi connectivity index (χ0n) is 14.2. The maximum absolute atomic E-state index is 13.1. The highest BCUT2D eigenvalue weighted by atomic mass is 16.2. The van der Waals surface area contributed by atoms with Crippen LogP contribution in [-0.4, -0.2) is 36.4 Å². The third-order valence-corrected chi connectivity index (χ3v) is 4.18. The lowest BCUT2D eigenvalue weighted by molar-refractivity contribution is 0.0673. The summed E-state index contributed by atoms with van der Waals surface area (Å²) >= 11 is 0. The fraction of sp³-hybridized carbons (Fsp3) is 0.333. The van der Waals surface area contributed by atoms with Crippen LogP contribution in [0.2, 0.25) is 0 Å². The van der Waals surface area contributed by atoms with Crippen LogP contribution in [0.3, 0.4) is 0 Å². The Morgan fingerprint density at radius 3 is 2.88 bits per heavy atom. The lowest BCUT2D eigenvalue weighted by atomic mass is 10.1. The minimum atomic E-state index is -0.0560. The molecule has 124 valence electrons. The second-order valence-corrected chi connectivity index (χ2v) is 6.01. The summed E-state index contributed by atoms with van der Waals surface area (Å²) in [6, 6.07) is 3.97. The molecule has 3 aromatic rings. The molecule has 0 saturated carbocycles. The molecule has 24 heavy (non-hydrogen) atoms. The largest absolute Gasteiger partial charge is 0.331 e. The number of nitrogens with zero attached hydrogens (tertiary/aromatic N) is 5. The molecule has 0 N–H and O–H groups in total. The molecule has 0 spiro atoms. The van der Waals surface area contributed by atoms with Gasteiger partial charge in [0.25, 0.3) is 5.91 Å². The van der Waals surface area contributed by atoms with Crippen LogP contribution in [-0.2, 0) is 6.54 Å². The molecule has 0 radical (unpaired) electrons. The molecule has 6 heteroatoms. The SMILES string of the molecule is CC[C@H](C)N(Cc1cccnc1)C(=O)c1cnn2cc(C)cnc12. The number of pyridine rings is 1. The summed E-state index contributed by atoms with van der Waals surface area (Å²) in [5, 5.41) is 4.27. The van der Waals surface area contributed by atoms with Crippen molar-refractivity contribution < 1.29 is 4.79 Å². The minimum absolute atomic E-state index is 0.0560. The molecule has 3 aromatic heterocycles. The van der Waals surface area contributed by atoms with Gasteiger partial charge in [0.15, 0.2) is 5.65 Å². The van der Waals surface area contributed by atoms with Gasteiger partial charge in [-0.2, -0.15) is 5.10 Å². The summed E-state index contributed by atoms with van der Waals surface area (Å²) in [5.74, 6) is -0.0560. The van der Waals surface area contributed by atoms with E-state index in [0.717, 1.165) is 17.5 Å². The van der Waals surface area contributed by atoms with E-state index in [1.165, 1.54) is 0 Å². The van der Waals surface area contributed by atoms with Crippen molar-refractivity contribution in [3.05, 3.63) is 59.8 Å². The number of carbonyl (C=O) groups is 1. The third-order valence-electron chi connectivity index (χ3n) is 4.18. The number of carbonyl (C=O) groups excluding carboxylic acids is 1. The Labute approximate surface area is 141 Å². The summed E-state index contributed by atoms with van der Waals surface area (Å²) in [6.07, 6.45) is 9.62. The van der Waals surface area contributed by atoms with Crippen molar-refractivity contribution in [2.45, 2.75) is 39.8 Å². The predicted octanol–water partition coefficient (Wildman–Crippen LogP) is 2.87. The van der Waals surface area contributed by atoms with Gasteiger partial charge in [-0.25, -0.2) is 9.50 Å². The number of rotatable bonds is 5. The smallest absolute Gasteiger partial charge is 0.259 e. The molecule has 1 amide bonds. The molecule has 3 rings (SSSR count). The maximum Gasteiger partial charge on any atom is 0.259 e. The van der Waals surface area contributed by atoms with Crippen LogP contribution in [0.5, 0.6) is 0 Å². The number of hydrogen-bond donors (Lipinski definition) is 0. The normalized spacial score (nSPS) is 12.3. The van der Waals surface area contributed by atoms with E-state index >= 15 is 0 Å². The first-order chi connectivity index (χ1) is 11.6. The zero-order chi connectivity index (χ0) is 17.1. The standard InChI is InChI=1S/C18H21N5O/c1-4-14(3)22(12-15-6-5-7-19-9-15)18(24)16-10-21-23-11-13(2)8-20-17(16)23/h5-11,14H,4,12H2,1-3H3/t14-/m0/s1. The Balaban J connectivity index is 1.95. The van der Waals surface area contributed by atoms with E-state index in [4.69, 9.17) is 0 Å². The summed E-state index contributed by atoms with van der Waals surface area (Å²) in [4.78, 5) is 23.5. The first-order valence-electron chi connectivity index (χ1n) is 8.10. The molecule has 0 unspecified atom stereocenters. The Morgan fingerprint density at radius 1 is 1.33 bits per heavy atom. The number of fused-ring (bicyclic) bond motifs is 1. The Bertz CT molecular complexity index is 843. The number of amides is 1. The summed E-state index contributed by atoms with van der Waals surface area (Å²) in [6.45, 7) is 6.60. The predicted molar refractivity (Wildman–Crippen MR) is 91.6 cm³/mol. The van der Waals surface area contributed by atoms with Crippen molar-refractivity contribution in [2.75, 3.05) is 0 Å². The number of aromatic nitrogens is 4. The molecule has 6 nitrogen and oxygen atoms in total. The highest BCUT2D eigenvalue weighted by Gasteiger charge is 2.24. The van der Waals surface area contributed by atoms with E-state index in [1.54, 1.807) is 29.3 Å². The highest BCUT2D eigenvalue weighted by Crippen LogP contribution is 2.17. The fourth-order valence-electron chi connectivity index (χ4n) is 2.61. The van der Waals surface area contributed by atoms with Gasteiger partial charge in [0.05, 0.1) is 6.20 Å². The molecule has 0 aromatic carbocycles. The topological polar surface area (TPSA) is 63.4 Å². The van der Waals surface area contributed by atoms with Crippen LogP contribution in [0.25, 0.3) is 5.65 Å². The fourth-order valence-corrected chi connectivity index (χ4v) is 2.61. The minimum Gasteiger partial charge on any atom is -0.331 e. The van der Waals surface area contributed by atoms with E-state index in [2.05, 4.69) is 28.9 Å². The second kappa shape index (κ2) is 6.78. The van der Waals surface area contributed by atoms with Crippen LogP contribution in [0, 0.1) is 6.92 Å². The number of aryl methyl sites for hydroxylation is 1. The van der Waals surface area contributed by atoms with Crippen molar-refractivity contribution in [3.63, 3.8) is 0 Å². The first-order valence-corrected chi connectivity index (χ1v) is 8.10. The van der Waals surface area contributed by atoms with Gasteiger partial charge in [-0.05, 0) is 37.5 Å². The van der Waals surface area contributed by atoms with Gasteiger partial charge >= 0.3 is 0 Å². The van der Waals surface area contributed by atoms with Crippen molar-refractivity contribution in [1.82, 2.24) is 24.5 Å². The van der Waals surface area contributed by atoms with E-state index in [-0.39, 0.29) is 11.9 Å². The van der Waals surface area contributed by atoms with Gasteiger partial charge in [-0.15, -0.1) is 0 Å². The molecule has 0 saturated heterocycles. The summed E-state index contributed by atoms with van der Waals surface area (Å²) in [7, 11) is 0. The Kier molecular flexibility index (Phi) is 4.55. The van der Waals surface area contributed by atoms with Crippen LogP contribution in [0.4, 0.5) is 0 Å². The average Bonchev–Trinajstić information content (AvgIpc) is 3.02. The average molecular weight is 323 g/mol. The second-order valence-electron chi connectivity index (χ2n) is 6.01. The molecule has 3 heterocycles. The van der Waals surface area contributed by atoms with Crippen LogP contribution in [0.1, 0.15) is 41.8 Å². The molecule has 0 fully saturated rings. The summed E-state index contributed by atoms with van der Waals surface area (Å²) in [5.41, 5.74) is 3.12. The van der Waals surface area contributed by atoms with Crippen LogP contribution >= 0.6 is 0 Å². The van der Waals surface area contributed by atoms with E-state index in [1.807, 2.05) is 30.2 Å². The Morgan fingerprint density at radius 2 is 2.17 bits per heavy atom. The van der Waals surface area contributed by atoms with Crippen molar-refractivity contribution in [3.8, 4) is 0 Å². The van der Waals surface area contributed by atoms with Gasteiger partial charge in [0, 0.05) is 37.4 Å². The molecule has 0 aliphatic carbocycles. The third kappa shape index (κ3) is 3.13. The van der Waals surface area contributed by atoms with Crippen molar-refractivity contribution in [2.24, 2.45) is 0 Å². The van der Waals surface area contributed by atoms with Gasteiger partial charge in [-0.1, -0.05) is 13.0 Å². The van der Waals surface area contributed by atoms with Gasteiger partial charge < -0.3 is 4.90 Å². The molecule has 0 aliphatic heterocycles. The van der Waals surface area contributed by atoms with Gasteiger partial charge in [-0.3, -0.25) is 9.78 Å². The molecule has 0 bridgehead atoms. The first kappa shape index (κ1) is 16.1. The lowest BCUT2D eigenvalue weighted by Crippen LogP contribution is -2.37. The van der Waals surface area contributed by atoms with Crippen LogP contribution in [0.15, 0.2) is 43.1 Å². The van der Waals surface area contributed by atoms with E-state index < -0.39 is 0 Å². The van der Waals surface area contributed by atoms with Crippen LogP contribution < -0.4 is 0 Å². The molecular formula is C18H21N5O. The zero-order valence-corrected chi connectivity index (χ0v) is 14.2. The van der Waals surface area contributed by atoms with Crippen molar-refractivity contribution in [1.29, 1.82) is 0 Å². The molecule has 1 atom stereocenters. The lowest BCUT2D eigenvalue weighted by Gasteiger charge is -2.28. The van der Waals surface area contributed by atoms with Gasteiger partial charge in [0.2, 0.25) is 0 Å².